The molecule has 1 aliphatic heterocycles. The van der Waals surface area contributed by atoms with Gasteiger partial charge in [-0.2, -0.15) is 5.26 Å². The highest BCUT2D eigenvalue weighted by molar-refractivity contribution is 5.69. The van der Waals surface area contributed by atoms with Crippen molar-refractivity contribution in [1.82, 2.24) is 20.2 Å². The van der Waals surface area contributed by atoms with Crippen LogP contribution in [0.1, 0.15) is 50.4 Å². The standard InChI is InChI=1S/C21H29N5O3/c1-13-6-17(23-2)18(26(13)20(27)28-3)12-29-16-4-5-21(8-15(21)7-16)19-24-10-14(9-22)11-25-19/h10-11,13,15-18,23H,4-8,12H2,1-3H3. The van der Waals surface area contributed by atoms with E-state index in [0.717, 1.165) is 37.9 Å². The summed E-state index contributed by atoms with van der Waals surface area (Å²) in [4.78, 5) is 22.9. The summed E-state index contributed by atoms with van der Waals surface area (Å²) in [5, 5.41) is 12.3. The molecule has 2 saturated carbocycles. The summed E-state index contributed by atoms with van der Waals surface area (Å²) in [5.74, 6) is 1.41. The Hall–Kier alpha value is -2.24. The molecule has 8 heteroatoms. The number of carbonyl (C=O) groups excluding carboxylic acids is 1. The van der Waals surface area contributed by atoms with Gasteiger partial charge < -0.3 is 14.8 Å². The molecule has 0 aromatic carbocycles. The lowest BCUT2D eigenvalue weighted by atomic mass is 9.86. The van der Waals surface area contributed by atoms with Crippen LogP contribution in [0.5, 0.6) is 0 Å². The summed E-state index contributed by atoms with van der Waals surface area (Å²) in [5.41, 5.74) is 0.570. The Morgan fingerprint density at radius 1 is 1.41 bits per heavy atom. The first-order valence-electron chi connectivity index (χ1n) is 10.4. The molecule has 3 aliphatic rings. The summed E-state index contributed by atoms with van der Waals surface area (Å²) in [6.45, 7) is 2.57. The zero-order valence-corrected chi connectivity index (χ0v) is 17.3. The van der Waals surface area contributed by atoms with Crippen molar-refractivity contribution >= 4 is 6.09 Å². The van der Waals surface area contributed by atoms with E-state index in [2.05, 4.69) is 28.3 Å². The maximum absolute atomic E-state index is 12.2. The Kier molecular flexibility index (Phi) is 5.45. The topological polar surface area (TPSA) is 100 Å². The lowest BCUT2D eigenvalue weighted by molar-refractivity contribution is -0.0109. The highest BCUT2D eigenvalue weighted by Crippen LogP contribution is 2.61. The Morgan fingerprint density at radius 3 is 2.79 bits per heavy atom. The van der Waals surface area contributed by atoms with Gasteiger partial charge in [-0.3, -0.25) is 4.90 Å². The number of methoxy groups -OCH3 is 1. The number of likely N-dealkylation sites (N-methyl/N-ethyl adjacent to an activating group) is 1. The number of carbonyl (C=O) groups is 1. The van der Waals surface area contributed by atoms with Crippen molar-refractivity contribution in [1.29, 1.82) is 5.26 Å². The van der Waals surface area contributed by atoms with Crippen LogP contribution in [-0.2, 0) is 14.9 Å². The molecule has 0 spiro atoms. The second-order valence-electron chi connectivity index (χ2n) is 8.62. The Labute approximate surface area is 171 Å². The maximum atomic E-state index is 12.2. The van der Waals surface area contributed by atoms with Crippen molar-refractivity contribution in [2.45, 2.75) is 68.7 Å². The smallest absolute Gasteiger partial charge is 0.410 e. The fourth-order valence-corrected chi connectivity index (χ4v) is 5.35. The molecule has 0 bridgehead atoms. The van der Waals surface area contributed by atoms with Crippen molar-refractivity contribution in [2.24, 2.45) is 5.92 Å². The van der Waals surface area contributed by atoms with Gasteiger partial charge in [-0.05, 0) is 52.0 Å². The van der Waals surface area contributed by atoms with E-state index < -0.39 is 0 Å². The molecule has 3 fully saturated rings. The third-order valence-corrected chi connectivity index (χ3v) is 7.07. The zero-order valence-electron chi connectivity index (χ0n) is 17.3. The van der Waals surface area contributed by atoms with E-state index in [1.54, 1.807) is 12.4 Å². The number of hydrogen-bond acceptors (Lipinski definition) is 7. The molecule has 1 aromatic heterocycles. The minimum atomic E-state index is -0.285. The third kappa shape index (κ3) is 3.58. The molecule has 2 heterocycles. The molecule has 4 rings (SSSR count). The minimum Gasteiger partial charge on any atom is -0.453 e. The fourth-order valence-electron chi connectivity index (χ4n) is 5.35. The molecular formula is C21H29N5O3. The molecule has 1 N–H and O–H groups in total. The molecule has 1 amide bonds. The number of fused-ring (bicyclic) bond motifs is 1. The number of hydrogen-bond donors (Lipinski definition) is 1. The highest BCUT2D eigenvalue weighted by Gasteiger charge is 2.60. The number of rotatable bonds is 5. The summed E-state index contributed by atoms with van der Waals surface area (Å²) in [7, 11) is 3.36. The molecule has 1 saturated heterocycles. The van der Waals surface area contributed by atoms with Gasteiger partial charge in [0.2, 0.25) is 0 Å². The van der Waals surface area contributed by atoms with E-state index in [1.165, 1.54) is 7.11 Å². The van der Waals surface area contributed by atoms with E-state index in [-0.39, 0.29) is 35.7 Å². The van der Waals surface area contributed by atoms with Gasteiger partial charge in [-0.1, -0.05) is 0 Å². The number of nitriles is 1. The first-order valence-corrected chi connectivity index (χ1v) is 10.4. The normalized spacial score (nSPS) is 35.7. The third-order valence-electron chi connectivity index (χ3n) is 7.07. The quantitative estimate of drug-likeness (QED) is 0.808. The second-order valence-corrected chi connectivity index (χ2v) is 8.62. The molecule has 2 aliphatic carbocycles. The maximum Gasteiger partial charge on any atom is 0.410 e. The predicted octanol–water partition coefficient (Wildman–Crippen LogP) is 1.99. The van der Waals surface area contributed by atoms with E-state index in [1.807, 2.05) is 11.9 Å². The molecule has 1 aromatic rings. The van der Waals surface area contributed by atoms with E-state index in [0.29, 0.717) is 18.1 Å². The van der Waals surface area contributed by atoms with E-state index >= 15 is 0 Å². The van der Waals surface area contributed by atoms with Crippen molar-refractivity contribution in [2.75, 3.05) is 20.8 Å². The summed E-state index contributed by atoms with van der Waals surface area (Å²) in [6, 6.07) is 2.39. The molecular weight excluding hydrogens is 370 g/mol. The van der Waals surface area contributed by atoms with Gasteiger partial charge in [-0.25, -0.2) is 14.8 Å². The first-order chi connectivity index (χ1) is 14.0. The average molecular weight is 399 g/mol. The number of aromatic nitrogens is 2. The molecule has 29 heavy (non-hydrogen) atoms. The lowest BCUT2D eigenvalue weighted by Gasteiger charge is -2.32. The van der Waals surface area contributed by atoms with Crippen molar-refractivity contribution in [3.63, 3.8) is 0 Å². The van der Waals surface area contributed by atoms with Crippen molar-refractivity contribution in [3.8, 4) is 6.07 Å². The molecule has 156 valence electrons. The predicted molar refractivity (Wildman–Crippen MR) is 105 cm³/mol. The van der Waals surface area contributed by atoms with Crippen molar-refractivity contribution < 1.29 is 14.3 Å². The Bertz CT molecular complexity index is 795. The summed E-state index contributed by atoms with van der Waals surface area (Å²) < 4.78 is 11.3. The minimum absolute atomic E-state index is 0.0183. The Balaban J connectivity index is 1.35. The first kappa shape index (κ1) is 20.0. The number of ether oxygens (including phenoxy) is 2. The summed E-state index contributed by atoms with van der Waals surface area (Å²) in [6.07, 6.45) is 8.10. The van der Waals surface area contributed by atoms with Crippen LogP contribution in [0.2, 0.25) is 0 Å². The Morgan fingerprint density at radius 2 is 2.17 bits per heavy atom. The summed E-state index contributed by atoms with van der Waals surface area (Å²) >= 11 is 0. The van der Waals surface area contributed by atoms with Crippen LogP contribution in [0.15, 0.2) is 12.4 Å². The van der Waals surface area contributed by atoms with Crippen LogP contribution < -0.4 is 5.32 Å². The number of nitrogens with one attached hydrogen (secondary N) is 1. The van der Waals surface area contributed by atoms with E-state index in [4.69, 9.17) is 14.7 Å². The van der Waals surface area contributed by atoms with Gasteiger partial charge in [0.25, 0.3) is 0 Å². The van der Waals surface area contributed by atoms with Gasteiger partial charge in [0.15, 0.2) is 0 Å². The largest absolute Gasteiger partial charge is 0.453 e. The van der Waals surface area contributed by atoms with Gasteiger partial charge in [-0.15, -0.1) is 0 Å². The number of likely N-dealkylation sites (tertiary alicyclic amines) is 1. The molecule has 6 unspecified atom stereocenters. The van der Waals surface area contributed by atoms with Crippen LogP contribution in [0.3, 0.4) is 0 Å². The van der Waals surface area contributed by atoms with Gasteiger partial charge in [0.1, 0.15) is 11.9 Å². The number of nitrogens with zero attached hydrogens (tertiary/aromatic N) is 4. The zero-order chi connectivity index (χ0) is 20.6. The van der Waals surface area contributed by atoms with Crippen LogP contribution in [0.4, 0.5) is 4.79 Å². The van der Waals surface area contributed by atoms with Gasteiger partial charge in [0, 0.05) is 29.9 Å². The average Bonchev–Trinajstić information content (AvgIpc) is 3.40. The lowest BCUT2D eigenvalue weighted by Crippen LogP contribution is -2.48. The molecule has 6 atom stereocenters. The van der Waals surface area contributed by atoms with Gasteiger partial charge in [0.05, 0.1) is 31.4 Å². The fraction of sp³-hybridized carbons (Fsp3) is 0.714. The molecule has 0 radical (unpaired) electrons. The van der Waals surface area contributed by atoms with E-state index in [9.17, 15) is 4.79 Å². The van der Waals surface area contributed by atoms with Crippen LogP contribution in [0.25, 0.3) is 0 Å². The monoisotopic (exact) mass is 399 g/mol. The van der Waals surface area contributed by atoms with Crippen LogP contribution >= 0.6 is 0 Å². The SMILES string of the molecule is CNC1CC(C)N(C(=O)OC)C1COC1CCC2(c3ncc(C#N)cn3)CC2C1. The van der Waals surface area contributed by atoms with Crippen molar-refractivity contribution in [3.05, 3.63) is 23.8 Å². The highest BCUT2D eigenvalue weighted by atomic mass is 16.5. The van der Waals surface area contributed by atoms with Crippen LogP contribution in [0, 0.1) is 17.2 Å². The number of amides is 1. The second kappa shape index (κ2) is 7.88. The molecule has 8 nitrogen and oxygen atoms in total. The van der Waals surface area contributed by atoms with Crippen LogP contribution in [-0.4, -0.2) is 66.0 Å². The van der Waals surface area contributed by atoms with Gasteiger partial charge >= 0.3 is 6.09 Å².